The van der Waals surface area contributed by atoms with E-state index in [2.05, 4.69) is 24.4 Å². The molecule has 3 heteroatoms. The second kappa shape index (κ2) is 6.93. The van der Waals surface area contributed by atoms with Crippen LogP contribution in [0.25, 0.3) is 0 Å². The third kappa shape index (κ3) is 3.63. The highest BCUT2D eigenvalue weighted by molar-refractivity contribution is 5.95. The summed E-state index contributed by atoms with van der Waals surface area (Å²) in [6.45, 7) is 4.08. The van der Waals surface area contributed by atoms with Crippen molar-refractivity contribution in [1.29, 1.82) is 0 Å². The van der Waals surface area contributed by atoms with Gasteiger partial charge in [0.05, 0.1) is 18.7 Å². The molecule has 0 aromatic heterocycles. The third-order valence-corrected chi connectivity index (χ3v) is 3.52. The van der Waals surface area contributed by atoms with Gasteiger partial charge in [0.1, 0.15) is 0 Å². The molecule has 21 heavy (non-hydrogen) atoms. The van der Waals surface area contributed by atoms with E-state index in [-0.39, 0.29) is 12.0 Å². The first-order chi connectivity index (χ1) is 10.2. The average Bonchev–Trinajstić information content (AvgIpc) is 2.53. The summed E-state index contributed by atoms with van der Waals surface area (Å²) in [4.78, 5) is 11.9. The fourth-order valence-electron chi connectivity index (χ4n) is 2.36. The van der Waals surface area contributed by atoms with Gasteiger partial charge in [-0.1, -0.05) is 48.9 Å². The molecule has 0 saturated carbocycles. The maximum atomic E-state index is 11.9. The van der Waals surface area contributed by atoms with E-state index in [1.54, 1.807) is 0 Å². The van der Waals surface area contributed by atoms with Gasteiger partial charge >= 0.3 is 5.97 Å². The lowest BCUT2D eigenvalue weighted by atomic mass is 10.0. The van der Waals surface area contributed by atoms with Gasteiger partial charge in [0.2, 0.25) is 0 Å². The number of aryl methyl sites for hydroxylation is 1. The van der Waals surface area contributed by atoms with Gasteiger partial charge in [-0.15, -0.1) is 0 Å². The van der Waals surface area contributed by atoms with Gasteiger partial charge in [-0.3, -0.25) is 0 Å². The van der Waals surface area contributed by atoms with E-state index < -0.39 is 0 Å². The fourth-order valence-corrected chi connectivity index (χ4v) is 2.36. The van der Waals surface area contributed by atoms with E-state index in [1.807, 2.05) is 43.3 Å². The van der Waals surface area contributed by atoms with Crippen molar-refractivity contribution in [1.82, 2.24) is 0 Å². The van der Waals surface area contributed by atoms with Crippen molar-refractivity contribution in [3.8, 4) is 0 Å². The molecule has 0 amide bonds. The maximum Gasteiger partial charge on any atom is 0.339 e. The highest BCUT2D eigenvalue weighted by Crippen LogP contribution is 2.26. The summed E-state index contributed by atoms with van der Waals surface area (Å²) >= 11 is 0. The number of esters is 1. The van der Waals surface area contributed by atoms with Crippen LogP contribution in [0.3, 0.4) is 0 Å². The summed E-state index contributed by atoms with van der Waals surface area (Å²) in [7, 11) is 1.41. The number of ether oxygens (including phenoxy) is 1. The molecule has 1 N–H and O–H groups in total. The Morgan fingerprint density at radius 2 is 1.90 bits per heavy atom. The Balaban J connectivity index is 2.31. The fraction of sp³-hybridized carbons (Fsp3) is 0.278. The van der Waals surface area contributed by atoms with Gasteiger partial charge < -0.3 is 10.1 Å². The lowest BCUT2D eigenvalue weighted by molar-refractivity contribution is 0.0601. The van der Waals surface area contributed by atoms with E-state index in [0.29, 0.717) is 5.56 Å². The highest BCUT2D eigenvalue weighted by Gasteiger charge is 2.15. The summed E-state index contributed by atoms with van der Waals surface area (Å²) in [5.74, 6) is -0.316. The Labute approximate surface area is 126 Å². The van der Waals surface area contributed by atoms with Crippen molar-refractivity contribution in [2.75, 3.05) is 12.4 Å². The molecule has 2 aromatic rings. The van der Waals surface area contributed by atoms with Gasteiger partial charge in [0.25, 0.3) is 0 Å². The first-order valence-electron chi connectivity index (χ1n) is 7.16. The first-order valence-corrected chi connectivity index (χ1v) is 7.16. The summed E-state index contributed by atoms with van der Waals surface area (Å²) in [5.41, 5.74) is 3.63. The minimum Gasteiger partial charge on any atom is -0.465 e. The van der Waals surface area contributed by atoms with Gasteiger partial charge in [0, 0.05) is 5.69 Å². The molecule has 0 saturated heterocycles. The van der Waals surface area contributed by atoms with Crippen molar-refractivity contribution < 1.29 is 9.53 Å². The quantitative estimate of drug-likeness (QED) is 0.829. The Bertz CT molecular complexity index is 608. The van der Waals surface area contributed by atoms with Crippen LogP contribution in [0.4, 0.5) is 5.69 Å². The molecular formula is C18H21NO2. The number of carbonyl (C=O) groups is 1. The van der Waals surface area contributed by atoms with Crippen molar-refractivity contribution in [3.63, 3.8) is 0 Å². The summed E-state index contributed by atoms with van der Waals surface area (Å²) in [6, 6.07) is 16.2. The number of methoxy groups -OCH3 is 1. The normalized spacial score (nSPS) is 11.8. The van der Waals surface area contributed by atoms with E-state index in [4.69, 9.17) is 4.74 Å². The summed E-state index contributed by atoms with van der Waals surface area (Å²) < 4.78 is 4.87. The number of benzene rings is 2. The molecule has 0 spiro atoms. The van der Waals surface area contributed by atoms with Crippen LogP contribution in [-0.2, 0) is 4.74 Å². The lowest BCUT2D eigenvalue weighted by Crippen LogP contribution is -2.13. The monoisotopic (exact) mass is 283 g/mol. The third-order valence-electron chi connectivity index (χ3n) is 3.52. The van der Waals surface area contributed by atoms with Crippen LogP contribution < -0.4 is 5.32 Å². The molecule has 0 aliphatic heterocycles. The van der Waals surface area contributed by atoms with E-state index in [1.165, 1.54) is 12.7 Å². The molecule has 0 fully saturated rings. The van der Waals surface area contributed by atoms with E-state index >= 15 is 0 Å². The van der Waals surface area contributed by atoms with Crippen LogP contribution >= 0.6 is 0 Å². The maximum absolute atomic E-state index is 11.9. The molecule has 110 valence electrons. The minimum absolute atomic E-state index is 0.164. The number of nitrogens with one attached hydrogen (secondary N) is 1. The average molecular weight is 283 g/mol. The zero-order chi connectivity index (χ0) is 15.2. The van der Waals surface area contributed by atoms with Crippen LogP contribution in [0.5, 0.6) is 0 Å². The van der Waals surface area contributed by atoms with Crippen LogP contribution in [0.2, 0.25) is 0 Å². The van der Waals surface area contributed by atoms with Gasteiger partial charge in [-0.25, -0.2) is 4.79 Å². The Hall–Kier alpha value is -2.29. The molecule has 2 rings (SSSR count). The zero-order valence-corrected chi connectivity index (χ0v) is 12.7. The first kappa shape index (κ1) is 15.1. The predicted octanol–water partition coefficient (Wildman–Crippen LogP) is 4.34. The number of hydrogen-bond donors (Lipinski definition) is 1. The largest absolute Gasteiger partial charge is 0.465 e. The zero-order valence-electron chi connectivity index (χ0n) is 12.7. The topological polar surface area (TPSA) is 38.3 Å². The molecule has 2 aromatic carbocycles. The molecule has 0 radical (unpaired) electrons. The van der Waals surface area contributed by atoms with Gasteiger partial charge in [-0.05, 0) is 31.0 Å². The number of carbonyl (C=O) groups excluding carboxylic acids is 1. The number of hydrogen-bond acceptors (Lipinski definition) is 3. The lowest BCUT2D eigenvalue weighted by Gasteiger charge is -2.20. The van der Waals surface area contributed by atoms with Gasteiger partial charge in [0.15, 0.2) is 0 Å². The van der Waals surface area contributed by atoms with Crippen LogP contribution in [-0.4, -0.2) is 13.1 Å². The molecular weight excluding hydrogens is 262 g/mol. The van der Waals surface area contributed by atoms with Gasteiger partial charge in [-0.2, -0.15) is 0 Å². The molecule has 0 aliphatic carbocycles. The molecule has 0 aliphatic rings. The molecule has 0 bridgehead atoms. The summed E-state index contributed by atoms with van der Waals surface area (Å²) in [6.07, 6.45) is 0.929. The van der Waals surface area contributed by atoms with Crippen LogP contribution in [0.1, 0.15) is 40.9 Å². The highest BCUT2D eigenvalue weighted by atomic mass is 16.5. The van der Waals surface area contributed by atoms with Crippen LogP contribution in [0.15, 0.2) is 48.5 Å². The molecule has 3 nitrogen and oxygen atoms in total. The Kier molecular flexibility index (Phi) is 4.99. The SMILES string of the molecule is CCC(Nc1ccc(C)cc1C(=O)OC)c1ccccc1. The minimum atomic E-state index is -0.316. The van der Waals surface area contributed by atoms with Crippen molar-refractivity contribution >= 4 is 11.7 Å². The Morgan fingerprint density at radius 1 is 1.19 bits per heavy atom. The van der Waals surface area contributed by atoms with Crippen molar-refractivity contribution in [2.24, 2.45) is 0 Å². The second-order valence-corrected chi connectivity index (χ2v) is 5.06. The number of anilines is 1. The summed E-state index contributed by atoms with van der Waals surface area (Å²) in [5, 5.41) is 3.46. The molecule has 1 atom stereocenters. The smallest absolute Gasteiger partial charge is 0.339 e. The number of rotatable bonds is 5. The second-order valence-electron chi connectivity index (χ2n) is 5.06. The van der Waals surface area contributed by atoms with Crippen molar-refractivity contribution in [3.05, 3.63) is 65.2 Å². The van der Waals surface area contributed by atoms with E-state index in [0.717, 1.165) is 17.7 Å². The van der Waals surface area contributed by atoms with Crippen LogP contribution in [0, 0.1) is 6.92 Å². The standard InChI is InChI=1S/C18H21NO2/c1-4-16(14-8-6-5-7-9-14)19-17-11-10-13(2)12-15(17)18(20)21-3/h5-12,16,19H,4H2,1-3H3. The Morgan fingerprint density at radius 3 is 2.52 bits per heavy atom. The molecule has 0 heterocycles. The molecule has 1 unspecified atom stereocenters. The van der Waals surface area contributed by atoms with Crippen molar-refractivity contribution in [2.45, 2.75) is 26.3 Å². The van der Waals surface area contributed by atoms with E-state index in [9.17, 15) is 4.79 Å². The predicted molar refractivity (Wildman–Crippen MR) is 85.6 cm³/mol.